The van der Waals surface area contributed by atoms with E-state index in [1.54, 1.807) is 0 Å². The highest BCUT2D eigenvalue weighted by atomic mass is 35.5. The van der Waals surface area contributed by atoms with E-state index >= 15 is 0 Å². The van der Waals surface area contributed by atoms with E-state index in [1.165, 1.54) is 38.0 Å². The van der Waals surface area contributed by atoms with Crippen LogP contribution in [0.1, 0.15) is 45.6 Å². The number of guanidine groups is 1. The van der Waals surface area contributed by atoms with Crippen LogP contribution < -0.4 is 10.6 Å². The van der Waals surface area contributed by atoms with Gasteiger partial charge in [0.15, 0.2) is 5.96 Å². The Balaban J connectivity index is 1.64. The number of unbranched alkanes of at least 4 members (excludes halogenated alkanes) is 1. The summed E-state index contributed by atoms with van der Waals surface area (Å²) in [6.07, 6.45) is 6.47. The average Bonchev–Trinajstić information content (AvgIpc) is 2.62. The maximum atomic E-state index is 5.83. The van der Waals surface area contributed by atoms with Crippen LogP contribution in [0.4, 0.5) is 0 Å². The Kier molecular flexibility index (Phi) is 9.92. The quantitative estimate of drug-likeness (QED) is 0.291. The van der Waals surface area contributed by atoms with Crippen molar-refractivity contribution in [2.75, 3.05) is 39.3 Å². The fourth-order valence-corrected chi connectivity index (χ4v) is 3.95. The third kappa shape index (κ3) is 8.93. The molecule has 0 aliphatic carbocycles. The molecule has 2 N–H and O–H groups in total. The molecule has 0 bridgehead atoms. The molecule has 27 heavy (non-hydrogen) atoms. The molecule has 5 nitrogen and oxygen atoms in total. The molecule has 0 aromatic carbocycles. The molecule has 0 spiro atoms. The van der Waals surface area contributed by atoms with Crippen molar-refractivity contribution in [3.63, 3.8) is 0 Å². The van der Waals surface area contributed by atoms with Gasteiger partial charge in [0.1, 0.15) is 5.15 Å². The maximum absolute atomic E-state index is 5.83. The molecular weight excluding hydrogens is 358 g/mol. The summed E-state index contributed by atoms with van der Waals surface area (Å²) in [6, 6.07) is 3.85. The zero-order chi connectivity index (χ0) is 19.5. The summed E-state index contributed by atoms with van der Waals surface area (Å²) in [6.45, 7) is 13.2. The van der Waals surface area contributed by atoms with Crippen molar-refractivity contribution >= 4 is 17.6 Å². The van der Waals surface area contributed by atoms with Crippen molar-refractivity contribution in [3.05, 3.63) is 29.0 Å². The van der Waals surface area contributed by atoms with Crippen LogP contribution in [0.3, 0.4) is 0 Å². The lowest BCUT2D eigenvalue weighted by Crippen LogP contribution is -2.39. The molecule has 1 fully saturated rings. The Morgan fingerprint density at radius 1 is 1.22 bits per heavy atom. The van der Waals surface area contributed by atoms with Gasteiger partial charge in [0, 0.05) is 38.9 Å². The lowest BCUT2D eigenvalue weighted by molar-refractivity contribution is 0.139. The number of pyridine rings is 1. The highest BCUT2D eigenvalue weighted by Crippen LogP contribution is 2.20. The van der Waals surface area contributed by atoms with Crippen molar-refractivity contribution in [3.8, 4) is 0 Å². The molecule has 1 aliphatic heterocycles. The van der Waals surface area contributed by atoms with Gasteiger partial charge in [-0.15, -0.1) is 0 Å². The van der Waals surface area contributed by atoms with Gasteiger partial charge in [-0.05, 0) is 62.6 Å². The Morgan fingerprint density at radius 2 is 2.00 bits per heavy atom. The molecule has 2 atom stereocenters. The predicted octanol–water partition coefficient (Wildman–Crippen LogP) is 3.59. The first-order chi connectivity index (χ1) is 13.1. The predicted molar refractivity (Wildman–Crippen MR) is 116 cm³/mol. The van der Waals surface area contributed by atoms with E-state index in [9.17, 15) is 0 Å². The zero-order valence-corrected chi connectivity index (χ0v) is 17.9. The Bertz CT molecular complexity index is 550. The van der Waals surface area contributed by atoms with E-state index in [-0.39, 0.29) is 0 Å². The SMILES string of the molecule is CCNC(=NCCCCN1CC(C)CC(C)C1)NCCc1ccc(Cl)nc1. The van der Waals surface area contributed by atoms with Gasteiger partial charge in [0.05, 0.1) is 0 Å². The van der Waals surface area contributed by atoms with E-state index in [1.807, 2.05) is 18.3 Å². The number of nitrogens with zero attached hydrogens (tertiary/aromatic N) is 3. The molecule has 0 radical (unpaired) electrons. The Labute approximate surface area is 170 Å². The van der Waals surface area contributed by atoms with E-state index in [4.69, 9.17) is 16.6 Å². The molecule has 1 aromatic heterocycles. The monoisotopic (exact) mass is 393 g/mol. The van der Waals surface area contributed by atoms with Gasteiger partial charge in [-0.25, -0.2) is 4.98 Å². The van der Waals surface area contributed by atoms with Crippen LogP contribution in [0, 0.1) is 11.8 Å². The van der Waals surface area contributed by atoms with Gasteiger partial charge in [-0.3, -0.25) is 4.99 Å². The molecule has 1 aliphatic rings. The number of aromatic nitrogens is 1. The summed E-state index contributed by atoms with van der Waals surface area (Å²) in [4.78, 5) is 11.5. The highest BCUT2D eigenvalue weighted by molar-refractivity contribution is 6.29. The second kappa shape index (κ2) is 12.2. The highest BCUT2D eigenvalue weighted by Gasteiger charge is 2.20. The van der Waals surface area contributed by atoms with Crippen LogP contribution in [-0.2, 0) is 6.42 Å². The van der Waals surface area contributed by atoms with Gasteiger partial charge in [-0.2, -0.15) is 0 Å². The lowest BCUT2D eigenvalue weighted by atomic mass is 9.92. The first-order valence-electron chi connectivity index (χ1n) is 10.4. The number of hydrogen-bond acceptors (Lipinski definition) is 3. The summed E-state index contributed by atoms with van der Waals surface area (Å²) in [7, 11) is 0. The summed E-state index contributed by atoms with van der Waals surface area (Å²) in [5.41, 5.74) is 1.17. The fraction of sp³-hybridized carbons (Fsp3) is 0.714. The molecule has 1 saturated heterocycles. The van der Waals surface area contributed by atoms with E-state index in [2.05, 4.69) is 41.3 Å². The number of halogens is 1. The largest absolute Gasteiger partial charge is 0.357 e. The second-order valence-electron chi connectivity index (χ2n) is 7.84. The molecule has 0 saturated carbocycles. The van der Waals surface area contributed by atoms with Crippen molar-refractivity contribution < 1.29 is 0 Å². The van der Waals surface area contributed by atoms with Gasteiger partial charge >= 0.3 is 0 Å². The standard InChI is InChI=1S/C21H36ClN5/c1-4-23-21(25-11-9-19-7-8-20(22)26-14-19)24-10-5-6-12-27-15-17(2)13-18(3)16-27/h7-8,14,17-18H,4-6,9-13,15-16H2,1-3H3,(H2,23,24,25). The number of hydrogen-bond donors (Lipinski definition) is 2. The first-order valence-corrected chi connectivity index (χ1v) is 10.8. The van der Waals surface area contributed by atoms with Gasteiger partial charge in [0.25, 0.3) is 0 Å². The molecule has 1 aromatic rings. The number of aliphatic imine (C=N–C) groups is 1. The maximum Gasteiger partial charge on any atom is 0.191 e. The molecule has 6 heteroatoms. The fourth-order valence-electron chi connectivity index (χ4n) is 3.83. The molecule has 2 heterocycles. The first kappa shape index (κ1) is 22.0. The Morgan fingerprint density at radius 3 is 2.67 bits per heavy atom. The molecule has 0 amide bonds. The summed E-state index contributed by atoms with van der Waals surface area (Å²) < 4.78 is 0. The number of nitrogens with one attached hydrogen (secondary N) is 2. The molecule has 2 unspecified atom stereocenters. The third-order valence-electron chi connectivity index (χ3n) is 4.94. The number of rotatable bonds is 9. The molecule has 2 rings (SSSR count). The van der Waals surface area contributed by atoms with Crippen LogP contribution in [0.5, 0.6) is 0 Å². The van der Waals surface area contributed by atoms with Crippen LogP contribution >= 0.6 is 11.6 Å². The zero-order valence-electron chi connectivity index (χ0n) is 17.2. The van der Waals surface area contributed by atoms with Crippen molar-refractivity contribution in [2.45, 2.75) is 46.5 Å². The van der Waals surface area contributed by atoms with Gasteiger partial charge in [-0.1, -0.05) is 31.5 Å². The van der Waals surface area contributed by atoms with E-state index in [0.29, 0.717) is 5.15 Å². The number of piperidine rings is 1. The summed E-state index contributed by atoms with van der Waals surface area (Å²) >= 11 is 5.83. The van der Waals surface area contributed by atoms with Gasteiger partial charge < -0.3 is 15.5 Å². The summed E-state index contributed by atoms with van der Waals surface area (Å²) in [5.74, 6) is 2.58. The van der Waals surface area contributed by atoms with E-state index in [0.717, 1.165) is 50.3 Å². The average molecular weight is 394 g/mol. The minimum Gasteiger partial charge on any atom is -0.357 e. The van der Waals surface area contributed by atoms with Gasteiger partial charge in [0.2, 0.25) is 0 Å². The van der Waals surface area contributed by atoms with Crippen LogP contribution in [0.15, 0.2) is 23.3 Å². The Hall–Kier alpha value is -1.33. The normalized spacial score (nSPS) is 21.3. The van der Waals surface area contributed by atoms with Crippen LogP contribution in [0.2, 0.25) is 5.15 Å². The molecular formula is C21H36ClN5. The molecule has 152 valence electrons. The smallest absolute Gasteiger partial charge is 0.191 e. The van der Waals surface area contributed by atoms with Crippen LogP contribution in [-0.4, -0.2) is 55.1 Å². The topological polar surface area (TPSA) is 52.6 Å². The minimum atomic E-state index is 0.537. The van der Waals surface area contributed by atoms with Crippen molar-refractivity contribution in [1.29, 1.82) is 0 Å². The van der Waals surface area contributed by atoms with E-state index < -0.39 is 0 Å². The third-order valence-corrected chi connectivity index (χ3v) is 5.16. The number of likely N-dealkylation sites (tertiary alicyclic amines) is 1. The van der Waals surface area contributed by atoms with Crippen LogP contribution in [0.25, 0.3) is 0 Å². The summed E-state index contributed by atoms with van der Waals surface area (Å²) in [5, 5.41) is 7.26. The lowest BCUT2D eigenvalue weighted by Gasteiger charge is -2.34. The van der Waals surface area contributed by atoms with Crippen molar-refractivity contribution in [1.82, 2.24) is 20.5 Å². The second-order valence-corrected chi connectivity index (χ2v) is 8.23. The minimum absolute atomic E-state index is 0.537. The van der Waals surface area contributed by atoms with Crippen molar-refractivity contribution in [2.24, 2.45) is 16.8 Å².